The summed E-state index contributed by atoms with van der Waals surface area (Å²) >= 11 is 15.4. The molecular formula is C23H17BrCl2F3N3O3S. The molecule has 3 rings (SSSR count). The van der Waals surface area contributed by atoms with Crippen molar-refractivity contribution in [2.45, 2.75) is 17.6 Å². The summed E-state index contributed by atoms with van der Waals surface area (Å²) in [4.78, 5) is 12.5. The van der Waals surface area contributed by atoms with Crippen molar-refractivity contribution in [2.24, 2.45) is 5.10 Å². The van der Waals surface area contributed by atoms with Crippen LogP contribution in [-0.4, -0.2) is 31.4 Å². The van der Waals surface area contributed by atoms with Crippen LogP contribution in [0.4, 0.5) is 13.2 Å². The van der Waals surface area contributed by atoms with E-state index >= 15 is 0 Å². The molecule has 190 valence electrons. The quantitative estimate of drug-likeness (QED) is 0.243. The van der Waals surface area contributed by atoms with Crippen molar-refractivity contribution in [3.63, 3.8) is 0 Å². The van der Waals surface area contributed by atoms with Gasteiger partial charge in [-0.25, -0.2) is 13.8 Å². The predicted octanol–water partition coefficient (Wildman–Crippen LogP) is 6.12. The standard InChI is InChI=1S/C23H17BrCl2F3N3O3S/c24-17-6-9-19(10-7-17)36(34,35)32(13-16-5-8-18(25)11-21(16)26)14-22(33)31-30-12-15-3-1-2-4-20(15)23(27,28)29/h1-12H,13-14H2,(H,31,33)/b30-12+. The fourth-order valence-electron chi connectivity index (χ4n) is 3.06. The largest absolute Gasteiger partial charge is 0.417 e. The molecule has 0 heterocycles. The van der Waals surface area contributed by atoms with Gasteiger partial charge in [-0.1, -0.05) is 63.4 Å². The highest BCUT2D eigenvalue weighted by Crippen LogP contribution is 2.31. The molecule has 6 nitrogen and oxygen atoms in total. The van der Waals surface area contributed by atoms with Crippen LogP contribution in [0.5, 0.6) is 0 Å². The summed E-state index contributed by atoms with van der Waals surface area (Å²) in [6.07, 6.45) is -3.77. The van der Waals surface area contributed by atoms with Crippen molar-refractivity contribution in [3.05, 3.63) is 97.9 Å². The zero-order valence-corrected chi connectivity index (χ0v) is 22.1. The van der Waals surface area contributed by atoms with Gasteiger partial charge in [0.1, 0.15) is 0 Å². The van der Waals surface area contributed by atoms with Gasteiger partial charge in [-0.05, 0) is 48.0 Å². The summed E-state index contributed by atoms with van der Waals surface area (Å²) in [6.45, 7) is -0.960. The maximum Gasteiger partial charge on any atom is 0.417 e. The Bertz CT molecular complexity index is 1390. The molecule has 1 amide bonds. The molecule has 0 spiro atoms. The minimum Gasteiger partial charge on any atom is -0.272 e. The Morgan fingerprint density at radius 2 is 1.72 bits per heavy atom. The van der Waals surface area contributed by atoms with E-state index in [1.807, 2.05) is 0 Å². The van der Waals surface area contributed by atoms with E-state index in [1.165, 1.54) is 60.7 Å². The van der Waals surface area contributed by atoms with Crippen LogP contribution in [0, 0.1) is 0 Å². The minimum atomic E-state index is -4.61. The Morgan fingerprint density at radius 3 is 2.36 bits per heavy atom. The van der Waals surface area contributed by atoms with Crippen LogP contribution < -0.4 is 5.43 Å². The lowest BCUT2D eigenvalue weighted by atomic mass is 10.1. The molecule has 0 atom stereocenters. The molecule has 1 N–H and O–H groups in total. The molecule has 0 bridgehead atoms. The molecule has 0 saturated heterocycles. The van der Waals surface area contributed by atoms with Crippen molar-refractivity contribution in [3.8, 4) is 0 Å². The highest BCUT2D eigenvalue weighted by atomic mass is 79.9. The molecule has 0 radical (unpaired) electrons. The predicted molar refractivity (Wildman–Crippen MR) is 135 cm³/mol. The third kappa shape index (κ3) is 7.30. The summed E-state index contributed by atoms with van der Waals surface area (Å²) in [5.74, 6) is -0.874. The van der Waals surface area contributed by atoms with Gasteiger partial charge in [0, 0.05) is 26.6 Å². The Labute approximate surface area is 223 Å². The molecule has 36 heavy (non-hydrogen) atoms. The second kappa shape index (κ2) is 11.7. The number of sulfonamides is 1. The second-order valence-electron chi connectivity index (χ2n) is 7.34. The van der Waals surface area contributed by atoms with Crippen molar-refractivity contribution in [1.82, 2.24) is 9.73 Å². The van der Waals surface area contributed by atoms with Gasteiger partial charge in [0.15, 0.2) is 0 Å². The molecule has 0 aliphatic heterocycles. The molecule has 0 aliphatic rings. The molecule has 0 fully saturated rings. The number of hydrogen-bond donors (Lipinski definition) is 1. The molecule has 0 saturated carbocycles. The van der Waals surface area contributed by atoms with Crippen molar-refractivity contribution in [1.29, 1.82) is 0 Å². The van der Waals surface area contributed by atoms with Gasteiger partial charge in [-0.2, -0.15) is 22.6 Å². The van der Waals surface area contributed by atoms with Gasteiger partial charge in [0.2, 0.25) is 10.0 Å². The van der Waals surface area contributed by atoms with Gasteiger partial charge in [0.05, 0.1) is 23.2 Å². The van der Waals surface area contributed by atoms with Crippen LogP contribution in [0.25, 0.3) is 0 Å². The monoisotopic (exact) mass is 621 g/mol. The van der Waals surface area contributed by atoms with Crippen molar-refractivity contribution in [2.75, 3.05) is 6.54 Å². The second-order valence-corrected chi connectivity index (χ2v) is 11.0. The molecule has 13 heteroatoms. The Hall–Kier alpha value is -2.44. The van der Waals surface area contributed by atoms with E-state index in [-0.39, 0.29) is 22.0 Å². The van der Waals surface area contributed by atoms with Gasteiger partial charge in [-0.15, -0.1) is 0 Å². The van der Waals surface area contributed by atoms with E-state index in [0.717, 1.165) is 16.6 Å². The summed E-state index contributed by atoms with van der Waals surface area (Å²) < 4.78 is 67.6. The highest BCUT2D eigenvalue weighted by Gasteiger charge is 2.32. The van der Waals surface area contributed by atoms with Crippen LogP contribution in [0.1, 0.15) is 16.7 Å². The van der Waals surface area contributed by atoms with Crippen molar-refractivity contribution < 1.29 is 26.4 Å². The number of carbonyl (C=O) groups is 1. The lowest BCUT2D eigenvalue weighted by molar-refractivity contribution is -0.137. The molecule has 3 aromatic carbocycles. The SMILES string of the molecule is O=C(CN(Cc1ccc(Cl)cc1Cl)S(=O)(=O)c1ccc(Br)cc1)N/N=C/c1ccccc1C(F)(F)F. The third-order valence-electron chi connectivity index (χ3n) is 4.79. The fourth-order valence-corrected chi connectivity index (χ4v) is 5.17. The lowest BCUT2D eigenvalue weighted by Crippen LogP contribution is -2.39. The van der Waals surface area contributed by atoms with E-state index < -0.39 is 34.2 Å². The zero-order valence-electron chi connectivity index (χ0n) is 18.1. The number of nitrogens with one attached hydrogen (secondary N) is 1. The van der Waals surface area contributed by atoms with Gasteiger partial charge in [0.25, 0.3) is 5.91 Å². The van der Waals surface area contributed by atoms with Crippen LogP contribution >= 0.6 is 39.1 Å². The fraction of sp³-hybridized carbons (Fsp3) is 0.130. The highest BCUT2D eigenvalue weighted by molar-refractivity contribution is 9.10. The molecular weight excluding hydrogens is 606 g/mol. The normalized spacial score (nSPS) is 12.3. The van der Waals surface area contributed by atoms with E-state index in [0.29, 0.717) is 15.1 Å². The zero-order chi connectivity index (χ0) is 26.5. The first kappa shape index (κ1) is 28.1. The Kier molecular flexibility index (Phi) is 9.18. The number of benzene rings is 3. The number of hydrazone groups is 1. The van der Waals surface area contributed by atoms with Gasteiger partial charge in [-0.3, -0.25) is 4.79 Å². The van der Waals surface area contributed by atoms with Gasteiger partial charge < -0.3 is 0 Å². The number of carbonyl (C=O) groups excluding carboxylic acids is 1. The minimum absolute atomic E-state index is 0.0776. The molecule has 0 unspecified atom stereocenters. The Morgan fingerprint density at radius 1 is 1.06 bits per heavy atom. The molecule has 0 aromatic heterocycles. The number of amides is 1. The van der Waals surface area contributed by atoms with E-state index in [2.05, 4.69) is 26.5 Å². The smallest absolute Gasteiger partial charge is 0.272 e. The van der Waals surface area contributed by atoms with E-state index in [9.17, 15) is 26.4 Å². The number of alkyl halides is 3. The average molecular weight is 623 g/mol. The first-order chi connectivity index (χ1) is 16.9. The number of nitrogens with zero attached hydrogens (tertiary/aromatic N) is 2. The van der Waals surface area contributed by atoms with Crippen LogP contribution in [0.15, 0.2) is 81.2 Å². The molecule has 0 aliphatic carbocycles. The third-order valence-corrected chi connectivity index (χ3v) is 7.71. The maximum atomic E-state index is 13.3. The van der Waals surface area contributed by atoms with E-state index in [1.54, 1.807) is 0 Å². The average Bonchev–Trinajstić information content (AvgIpc) is 2.80. The lowest BCUT2D eigenvalue weighted by Gasteiger charge is -2.22. The van der Waals surface area contributed by atoms with E-state index in [4.69, 9.17) is 23.2 Å². The topological polar surface area (TPSA) is 78.8 Å². The number of halogens is 6. The van der Waals surface area contributed by atoms with Crippen molar-refractivity contribution >= 4 is 61.3 Å². The summed E-state index contributed by atoms with van der Waals surface area (Å²) in [5, 5.41) is 4.12. The maximum absolute atomic E-state index is 13.3. The van der Waals surface area contributed by atoms with Crippen LogP contribution in [-0.2, 0) is 27.5 Å². The van der Waals surface area contributed by atoms with Crippen LogP contribution in [0.3, 0.4) is 0 Å². The first-order valence-electron chi connectivity index (χ1n) is 10.1. The van der Waals surface area contributed by atoms with Crippen LogP contribution in [0.2, 0.25) is 10.0 Å². The number of rotatable bonds is 8. The Balaban J connectivity index is 1.84. The molecule has 3 aromatic rings. The number of hydrogen-bond acceptors (Lipinski definition) is 4. The van der Waals surface area contributed by atoms with Gasteiger partial charge >= 0.3 is 6.18 Å². The first-order valence-corrected chi connectivity index (χ1v) is 13.0. The summed E-state index contributed by atoms with van der Waals surface area (Å²) in [5.41, 5.74) is 1.27. The summed E-state index contributed by atoms with van der Waals surface area (Å²) in [6, 6.07) is 15.0. The summed E-state index contributed by atoms with van der Waals surface area (Å²) in [7, 11) is -4.18.